The smallest absolute Gasteiger partial charge is 0.305 e. The van der Waals surface area contributed by atoms with Crippen LogP contribution in [0, 0.1) is 23.7 Å². The molecule has 0 heterocycles. The van der Waals surface area contributed by atoms with E-state index in [1.807, 2.05) is 18.2 Å². The third-order valence-corrected chi connectivity index (χ3v) is 2.91. The molecule has 0 spiro atoms. The fourth-order valence-electron chi connectivity index (χ4n) is 1.50. The van der Waals surface area contributed by atoms with Crippen molar-refractivity contribution in [3.05, 3.63) is 35.4 Å². The molecular weight excluding hydrogens is 340 g/mol. The van der Waals surface area contributed by atoms with Crippen molar-refractivity contribution in [2.45, 2.75) is 44.9 Å². The molecule has 0 N–H and O–H groups in total. The summed E-state index contributed by atoms with van der Waals surface area (Å²) in [4.78, 5) is 12.6. The first-order valence-corrected chi connectivity index (χ1v) is 8.34. The molecule has 0 bridgehead atoms. The zero-order chi connectivity index (χ0) is 16.3. The molecule has 0 aliphatic carbocycles. The average Bonchev–Trinajstić information content (AvgIpc) is 2.54. The molecule has 0 saturated carbocycles. The lowest BCUT2D eigenvalue weighted by Gasteiger charge is -1.97. The van der Waals surface area contributed by atoms with E-state index in [-0.39, 0.29) is 5.97 Å². The number of carbonyl (C=O) groups is 1. The van der Waals surface area contributed by atoms with Crippen LogP contribution in [0.1, 0.15) is 44.9 Å². The zero-order valence-corrected chi connectivity index (χ0v) is 14.7. The Kier molecular flexibility index (Phi) is 16.0. The summed E-state index contributed by atoms with van der Waals surface area (Å²) < 4.78 is 4.58. The van der Waals surface area contributed by atoms with E-state index in [1.54, 1.807) is 11.1 Å². The van der Waals surface area contributed by atoms with Gasteiger partial charge in [-0.15, -0.1) is 0 Å². The van der Waals surface area contributed by atoms with Gasteiger partial charge in [0.15, 0.2) is 0 Å². The van der Waals surface area contributed by atoms with E-state index in [0.717, 1.165) is 38.5 Å². The second-order valence-corrected chi connectivity index (χ2v) is 4.95. The Morgan fingerprint density at radius 3 is 2.36 bits per heavy atom. The van der Waals surface area contributed by atoms with E-state index in [1.165, 1.54) is 7.11 Å². The maximum atomic E-state index is 10.9. The van der Waals surface area contributed by atoms with Gasteiger partial charge in [0.25, 0.3) is 0 Å². The van der Waals surface area contributed by atoms with Crippen LogP contribution in [0.5, 0.6) is 0 Å². The van der Waals surface area contributed by atoms with Gasteiger partial charge in [0.2, 0.25) is 0 Å². The molecule has 0 aromatic heterocycles. The van der Waals surface area contributed by atoms with Crippen molar-refractivity contribution in [2.75, 3.05) is 7.11 Å². The molecule has 118 valence electrons. The molecule has 0 amide bonds. The van der Waals surface area contributed by atoms with Crippen LogP contribution in [0.3, 0.4) is 0 Å². The fraction of sp³-hybridized carbons (Fsp3) is 0.421. The molecule has 0 saturated heterocycles. The largest absolute Gasteiger partial charge is 0.469 e. The minimum Gasteiger partial charge on any atom is -0.469 e. The molecule has 0 unspecified atom stereocenters. The number of hydrogen-bond acceptors (Lipinski definition) is 2. The van der Waals surface area contributed by atoms with E-state index in [9.17, 15) is 4.79 Å². The predicted molar refractivity (Wildman–Crippen MR) is 96.2 cm³/mol. The summed E-state index contributed by atoms with van der Waals surface area (Å²) in [5.41, 5.74) is 0. The van der Waals surface area contributed by atoms with E-state index in [4.69, 9.17) is 0 Å². The Balaban J connectivity index is 3.51. The van der Waals surface area contributed by atoms with E-state index in [2.05, 4.69) is 50.4 Å². The number of hydrogen-bond donors (Lipinski definition) is 0. The van der Waals surface area contributed by atoms with E-state index < -0.39 is 0 Å². The molecule has 0 aliphatic rings. The average molecular weight is 363 g/mol. The standard InChI is InChI=1S/C19H23BrO2/c1-22-19(21)17-15-13-11-9-7-5-3-2-4-6-8-10-12-14-16-18-20/h2-3,8,10,16,18H,4,6,9,11,13,15,17H2,1H3/b3-2+,10-8+,18-16+. The highest BCUT2D eigenvalue weighted by molar-refractivity contribution is 9.11. The lowest BCUT2D eigenvalue weighted by Crippen LogP contribution is -1.98. The van der Waals surface area contributed by atoms with Crippen molar-refractivity contribution < 1.29 is 9.53 Å². The Morgan fingerprint density at radius 2 is 1.68 bits per heavy atom. The number of methoxy groups -OCH3 is 1. The van der Waals surface area contributed by atoms with E-state index in [0.29, 0.717) is 6.42 Å². The summed E-state index contributed by atoms with van der Waals surface area (Å²) in [7, 11) is 1.42. The fourth-order valence-corrected chi connectivity index (χ4v) is 1.63. The second-order valence-electron chi connectivity index (χ2n) is 4.42. The number of esters is 1. The summed E-state index contributed by atoms with van der Waals surface area (Å²) in [6.07, 6.45) is 15.9. The Labute approximate surface area is 142 Å². The summed E-state index contributed by atoms with van der Waals surface area (Å²) in [6, 6.07) is 0. The topological polar surface area (TPSA) is 26.3 Å². The molecule has 0 aromatic rings. The van der Waals surface area contributed by atoms with Crippen molar-refractivity contribution in [3.63, 3.8) is 0 Å². The third-order valence-electron chi connectivity index (χ3n) is 2.64. The lowest BCUT2D eigenvalue weighted by molar-refractivity contribution is -0.140. The molecule has 0 aliphatic heterocycles. The minimum absolute atomic E-state index is 0.131. The van der Waals surface area contributed by atoms with Crippen LogP contribution in [0.2, 0.25) is 0 Å². The van der Waals surface area contributed by atoms with Crippen LogP contribution >= 0.6 is 15.9 Å². The SMILES string of the molecule is COC(=O)CCCCCC#C/C=C/CC/C=C/C#C/C=C/Br. The summed E-state index contributed by atoms with van der Waals surface area (Å²) in [5.74, 6) is 11.8. The second kappa shape index (κ2) is 17.3. The first kappa shape index (κ1) is 20.3. The summed E-state index contributed by atoms with van der Waals surface area (Å²) >= 11 is 3.15. The van der Waals surface area contributed by atoms with Crippen molar-refractivity contribution in [2.24, 2.45) is 0 Å². The highest BCUT2D eigenvalue weighted by Gasteiger charge is 1.97. The maximum absolute atomic E-state index is 10.9. The molecule has 0 fully saturated rings. The van der Waals surface area contributed by atoms with Crippen molar-refractivity contribution in [1.82, 2.24) is 0 Å². The van der Waals surface area contributed by atoms with Crippen LogP contribution in [-0.2, 0) is 9.53 Å². The van der Waals surface area contributed by atoms with Gasteiger partial charge in [0, 0.05) is 12.8 Å². The van der Waals surface area contributed by atoms with Crippen LogP contribution < -0.4 is 0 Å². The highest BCUT2D eigenvalue weighted by Crippen LogP contribution is 2.03. The molecule has 2 nitrogen and oxygen atoms in total. The molecular formula is C19H23BrO2. The van der Waals surface area contributed by atoms with Gasteiger partial charge in [-0.2, -0.15) is 0 Å². The highest BCUT2D eigenvalue weighted by atomic mass is 79.9. The van der Waals surface area contributed by atoms with Crippen LogP contribution in [0.15, 0.2) is 35.4 Å². The van der Waals surface area contributed by atoms with Gasteiger partial charge in [-0.3, -0.25) is 4.79 Å². The van der Waals surface area contributed by atoms with Crippen LogP contribution in [0.4, 0.5) is 0 Å². The number of ether oxygens (including phenoxy) is 1. The summed E-state index contributed by atoms with van der Waals surface area (Å²) in [6.45, 7) is 0. The zero-order valence-electron chi connectivity index (χ0n) is 13.1. The number of rotatable bonds is 8. The van der Waals surface area contributed by atoms with Crippen LogP contribution in [-0.4, -0.2) is 13.1 Å². The van der Waals surface area contributed by atoms with Gasteiger partial charge in [-0.25, -0.2) is 0 Å². The van der Waals surface area contributed by atoms with Gasteiger partial charge in [-0.05, 0) is 48.9 Å². The lowest BCUT2D eigenvalue weighted by atomic mass is 10.1. The number of unbranched alkanes of at least 4 members (excludes halogenated alkanes) is 4. The van der Waals surface area contributed by atoms with Crippen LogP contribution in [0.25, 0.3) is 0 Å². The quantitative estimate of drug-likeness (QED) is 0.348. The number of carbonyl (C=O) groups excluding carboxylic acids is 1. The number of halogens is 1. The first-order valence-electron chi connectivity index (χ1n) is 7.42. The first-order chi connectivity index (χ1) is 10.8. The van der Waals surface area contributed by atoms with Crippen molar-refractivity contribution in [1.29, 1.82) is 0 Å². The van der Waals surface area contributed by atoms with Gasteiger partial charge in [0.1, 0.15) is 0 Å². The maximum Gasteiger partial charge on any atom is 0.305 e. The third kappa shape index (κ3) is 16.3. The number of allylic oxidation sites excluding steroid dienone is 5. The van der Waals surface area contributed by atoms with Gasteiger partial charge in [0.05, 0.1) is 7.11 Å². The van der Waals surface area contributed by atoms with Crippen molar-refractivity contribution >= 4 is 21.9 Å². The molecule has 0 radical (unpaired) electrons. The van der Waals surface area contributed by atoms with Gasteiger partial charge < -0.3 is 4.74 Å². The van der Waals surface area contributed by atoms with Gasteiger partial charge >= 0.3 is 5.97 Å². The van der Waals surface area contributed by atoms with Gasteiger partial charge in [-0.1, -0.05) is 58.2 Å². The van der Waals surface area contributed by atoms with Crippen molar-refractivity contribution in [3.8, 4) is 23.7 Å². The molecule has 0 rings (SSSR count). The monoisotopic (exact) mass is 362 g/mol. The predicted octanol–water partition coefficient (Wildman–Crippen LogP) is 4.92. The Morgan fingerprint density at radius 1 is 1.00 bits per heavy atom. The van der Waals surface area contributed by atoms with E-state index >= 15 is 0 Å². The molecule has 0 aromatic carbocycles. The summed E-state index contributed by atoms with van der Waals surface area (Å²) in [5, 5.41) is 0. The molecule has 22 heavy (non-hydrogen) atoms. The normalized spacial score (nSPS) is 10.5. The Bertz CT molecular complexity index is 493. The molecule has 0 atom stereocenters. The molecule has 3 heteroatoms. The minimum atomic E-state index is -0.131. The Hall–Kier alpha value is -1.71.